The summed E-state index contributed by atoms with van der Waals surface area (Å²) >= 11 is 0. The number of nitrogens with one attached hydrogen (secondary N) is 1. The highest BCUT2D eigenvalue weighted by molar-refractivity contribution is 5.86. The summed E-state index contributed by atoms with van der Waals surface area (Å²) in [6, 6.07) is 13.2. The zero-order chi connectivity index (χ0) is 22.7. The Labute approximate surface area is 185 Å². The van der Waals surface area contributed by atoms with Crippen LogP contribution in [0.25, 0.3) is 17.0 Å². The van der Waals surface area contributed by atoms with Crippen LogP contribution in [0.1, 0.15) is 36.9 Å². The molecule has 1 unspecified atom stereocenters. The zero-order valence-corrected chi connectivity index (χ0v) is 18.3. The first-order valence-corrected chi connectivity index (χ1v) is 10.5. The number of nitrogens with zero attached hydrogens (tertiary/aromatic N) is 3. The maximum atomic E-state index is 13.5. The van der Waals surface area contributed by atoms with Crippen LogP contribution in [-0.2, 0) is 11.2 Å². The highest BCUT2D eigenvalue weighted by Crippen LogP contribution is 2.37. The van der Waals surface area contributed by atoms with Crippen LogP contribution in [0, 0.1) is 5.82 Å². The van der Waals surface area contributed by atoms with E-state index in [0.717, 1.165) is 12.0 Å². The molecular weight excluding hydrogens is 411 g/mol. The number of rotatable bonds is 7. The summed E-state index contributed by atoms with van der Waals surface area (Å²) in [5.41, 5.74) is 4.11. The van der Waals surface area contributed by atoms with Gasteiger partial charge in [-0.15, -0.1) is 0 Å². The number of halogens is 1. The molecule has 0 aliphatic carbocycles. The van der Waals surface area contributed by atoms with Gasteiger partial charge in [-0.3, -0.25) is 4.90 Å². The van der Waals surface area contributed by atoms with Gasteiger partial charge in [-0.05, 0) is 36.6 Å². The molecule has 0 bridgehead atoms. The van der Waals surface area contributed by atoms with Gasteiger partial charge in [0.1, 0.15) is 5.82 Å². The Bertz CT molecular complexity index is 1120. The van der Waals surface area contributed by atoms with Crippen molar-refractivity contribution >= 4 is 11.6 Å². The van der Waals surface area contributed by atoms with Gasteiger partial charge in [-0.1, -0.05) is 48.5 Å². The second-order valence-corrected chi connectivity index (χ2v) is 7.55. The van der Waals surface area contributed by atoms with E-state index in [2.05, 4.69) is 22.4 Å². The molecule has 2 aromatic carbocycles. The van der Waals surface area contributed by atoms with Crippen LogP contribution in [0.15, 0.2) is 58.8 Å². The van der Waals surface area contributed by atoms with Gasteiger partial charge in [0.2, 0.25) is 5.82 Å². The number of allylic oxidation sites excluding steroid dienone is 1. The summed E-state index contributed by atoms with van der Waals surface area (Å²) in [4.78, 5) is 19.0. The van der Waals surface area contributed by atoms with Crippen LogP contribution >= 0.6 is 0 Å². The van der Waals surface area contributed by atoms with Crippen LogP contribution in [0.4, 0.5) is 9.18 Å². The Morgan fingerprint density at radius 1 is 1.16 bits per heavy atom. The van der Waals surface area contributed by atoms with Gasteiger partial charge in [0.05, 0.1) is 24.8 Å². The number of aryl methyl sites for hydroxylation is 1. The molecule has 2 amide bonds. The van der Waals surface area contributed by atoms with E-state index in [9.17, 15) is 9.18 Å². The average molecular weight is 436 g/mol. The Morgan fingerprint density at radius 3 is 2.53 bits per heavy atom. The molecule has 7 nitrogen and oxygen atoms in total. The Hall–Kier alpha value is -3.52. The SMILES string of the molecule is CCc1ccc(-c2noc(C3=C(C)N(CCOC)C(=O)NC3c3ccc(F)cc3)n2)cc1. The van der Waals surface area contributed by atoms with Crippen molar-refractivity contribution in [1.82, 2.24) is 20.4 Å². The van der Waals surface area contributed by atoms with E-state index in [1.54, 1.807) is 24.1 Å². The van der Waals surface area contributed by atoms with E-state index in [4.69, 9.17) is 9.26 Å². The third kappa shape index (κ3) is 4.27. The number of carbonyl (C=O) groups excluding carboxylic acids is 1. The highest BCUT2D eigenvalue weighted by Gasteiger charge is 2.35. The van der Waals surface area contributed by atoms with E-state index < -0.39 is 6.04 Å². The van der Waals surface area contributed by atoms with Crippen molar-refractivity contribution in [3.05, 3.63) is 77.1 Å². The number of hydrogen-bond acceptors (Lipinski definition) is 5. The predicted octanol–water partition coefficient (Wildman–Crippen LogP) is 4.58. The van der Waals surface area contributed by atoms with Gasteiger partial charge in [0.25, 0.3) is 5.89 Å². The molecule has 3 aromatic rings. The van der Waals surface area contributed by atoms with Gasteiger partial charge < -0.3 is 14.6 Å². The van der Waals surface area contributed by atoms with E-state index in [1.807, 2.05) is 31.2 Å². The van der Waals surface area contributed by atoms with E-state index >= 15 is 0 Å². The van der Waals surface area contributed by atoms with Gasteiger partial charge >= 0.3 is 6.03 Å². The number of urea groups is 1. The summed E-state index contributed by atoms with van der Waals surface area (Å²) in [5.74, 6) is 0.408. The standard InChI is InChI=1S/C24H25FN4O3/c1-4-16-5-7-18(8-6-16)22-27-23(32-28-22)20-15(2)29(13-14-31-3)24(30)26-21(20)17-9-11-19(25)12-10-17/h5-12,21H,4,13-14H2,1-3H3,(H,26,30). The molecule has 0 saturated heterocycles. The van der Waals surface area contributed by atoms with Crippen molar-refractivity contribution < 1.29 is 18.4 Å². The van der Waals surface area contributed by atoms with Crippen molar-refractivity contribution in [1.29, 1.82) is 0 Å². The number of benzene rings is 2. The maximum absolute atomic E-state index is 13.5. The summed E-state index contributed by atoms with van der Waals surface area (Å²) in [6.45, 7) is 4.67. The first-order chi connectivity index (χ1) is 15.5. The van der Waals surface area contributed by atoms with Crippen LogP contribution < -0.4 is 5.32 Å². The normalized spacial score (nSPS) is 16.4. The third-order valence-corrected chi connectivity index (χ3v) is 5.60. The van der Waals surface area contributed by atoms with Crippen molar-refractivity contribution in [2.45, 2.75) is 26.3 Å². The lowest BCUT2D eigenvalue weighted by atomic mass is 9.94. The second-order valence-electron chi connectivity index (χ2n) is 7.55. The Balaban J connectivity index is 1.76. The molecule has 4 rings (SSSR count). The summed E-state index contributed by atoms with van der Waals surface area (Å²) in [6.07, 6.45) is 0.945. The summed E-state index contributed by atoms with van der Waals surface area (Å²) < 4.78 is 24.3. The van der Waals surface area contributed by atoms with Crippen LogP contribution in [0.5, 0.6) is 0 Å². The van der Waals surface area contributed by atoms with Crippen molar-refractivity contribution in [2.75, 3.05) is 20.3 Å². The molecule has 0 spiro atoms. The Morgan fingerprint density at radius 2 is 1.88 bits per heavy atom. The smallest absolute Gasteiger partial charge is 0.322 e. The van der Waals surface area contributed by atoms with Crippen LogP contribution in [0.2, 0.25) is 0 Å². The summed E-state index contributed by atoms with van der Waals surface area (Å²) in [5, 5.41) is 7.14. The fourth-order valence-electron chi connectivity index (χ4n) is 3.76. The number of hydrogen-bond donors (Lipinski definition) is 1. The van der Waals surface area contributed by atoms with Gasteiger partial charge in [-0.2, -0.15) is 4.98 Å². The largest absolute Gasteiger partial charge is 0.383 e. The fourth-order valence-corrected chi connectivity index (χ4v) is 3.76. The molecule has 32 heavy (non-hydrogen) atoms. The maximum Gasteiger partial charge on any atom is 0.322 e. The molecule has 166 valence electrons. The van der Waals surface area contributed by atoms with Gasteiger partial charge in [0, 0.05) is 18.4 Å². The summed E-state index contributed by atoms with van der Waals surface area (Å²) in [7, 11) is 1.58. The molecule has 1 aliphatic rings. The van der Waals surface area contributed by atoms with Crippen molar-refractivity contribution in [3.63, 3.8) is 0 Å². The van der Waals surface area contributed by atoms with E-state index in [-0.39, 0.29) is 11.8 Å². The van der Waals surface area contributed by atoms with Gasteiger partial charge in [-0.25, -0.2) is 9.18 Å². The zero-order valence-electron chi connectivity index (χ0n) is 18.3. The lowest BCUT2D eigenvalue weighted by molar-refractivity contribution is 0.158. The first-order valence-electron chi connectivity index (χ1n) is 10.5. The Kier molecular flexibility index (Phi) is 6.32. The topological polar surface area (TPSA) is 80.5 Å². The minimum Gasteiger partial charge on any atom is -0.383 e. The van der Waals surface area contributed by atoms with E-state index in [1.165, 1.54) is 17.7 Å². The number of ether oxygens (including phenoxy) is 1. The lowest BCUT2D eigenvalue weighted by Crippen LogP contribution is -2.47. The molecule has 8 heteroatoms. The molecule has 0 radical (unpaired) electrons. The lowest BCUT2D eigenvalue weighted by Gasteiger charge is -2.35. The van der Waals surface area contributed by atoms with Crippen LogP contribution in [0.3, 0.4) is 0 Å². The minimum absolute atomic E-state index is 0.271. The number of carbonyl (C=O) groups is 1. The monoisotopic (exact) mass is 436 g/mol. The molecule has 1 atom stereocenters. The van der Waals surface area contributed by atoms with Crippen molar-refractivity contribution in [2.24, 2.45) is 0 Å². The van der Waals surface area contributed by atoms with Crippen molar-refractivity contribution in [3.8, 4) is 11.4 Å². The average Bonchev–Trinajstić information content (AvgIpc) is 3.29. The molecule has 1 aliphatic heterocycles. The molecule has 1 N–H and O–H groups in total. The predicted molar refractivity (Wildman–Crippen MR) is 118 cm³/mol. The molecule has 2 heterocycles. The molecule has 0 saturated carbocycles. The number of amides is 2. The fraction of sp³-hybridized carbons (Fsp3) is 0.292. The number of aromatic nitrogens is 2. The highest BCUT2D eigenvalue weighted by atomic mass is 19.1. The number of methoxy groups -OCH3 is 1. The van der Waals surface area contributed by atoms with Crippen LogP contribution in [-0.4, -0.2) is 41.3 Å². The third-order valence-electron chi connectivity index (χ3n) is 5.60. The second kappa shape index (κ2) is 9.32. The van der Waals surface area contributed by atoms with Gasteiger partial charge in [0.15, 0.2) is 0 Å². The quantitative estimate of drug-likeness (QED) is 0.586. The molecular formula is C24H25FN4O3. The molecule has 0 fully saturated rings. The first kappa shape index (κ1) is 21.7. The minimum atomic E-state index is -0.558. The van der Waals surface area contributed by atoms with E-state index in [0.29, 0.717) is 41.7 Å². The molecule has 1 aromatic heterocycles.